The van der Waals surface area contributed by atoms with Crippen LogP contribution in [0.1, 0.15) is 35.2 Å². The van der Waals surface area contributed by atoms with Crippen LogP contribution in [0, 0.1) is 17.2 Å². The molecule has 5 rings (SSSR count). The maximum absolute atomic E-state index is 13.0. The Kier molecular flexibility index (Phi) is 4.57. The monoisotopic (exact) mass is 384 g/mol. The molecule has 2 fully saturated rings. The molecule has 0 spiro atoms. The van der Waals surface area contributed by atoms with Crippen LogP contribution in [0.3, 0.4) is 0 Å². The molecule has 0 aliphatic carbocycles. The summed E-state index contributed by atoms with van der Waals surface area (Å²) >= 11 is 0. The standard InChI is InChI=1S/C24H24N4O/c25-15-17-3-8-23-19(14-17)10-13-28(23)21-6-4-18(5-7-21)24(29)27-12-9-20(16-27)22-2-1-11-26-22/h3-8,10,13-14,20,22,26H,1-2,9,11-12,16H2. The first-order valence-electron chi connectivity index (χ1n) is 10.4. The van der Waals surface area contributed by atoms with E-state index in [9.17, 15) is 4.79 Å². The number of hydrogen-bond donors (Lipinski definition) is 1. The Morgan fingerprint density at radius 3 is 2.72 bits per heavy atom. The second kappa shape index (κ2) is 7.38. The quantitative estimate of drug-likeness (QED) is 0.749. The lowest BCUT2D eigenvalue weighted by Gasteiger charge is -2.20. The summed E-state index contributed by atoms with van der Waals surface area (Å²) in [4.78, 5) is 15.0. The van der Waals surface area contributed by atoms with Crippen molar-refractivity contribution in [2.75, 3.05) is 19.6 Å². The zero-order valence-electron chi connectivity index (χ0n) is 16.3. The summed E-state index contributed by atoms with van der Waals surface area (Å²) in [5.41, 5.74) is 3.47. The van der Waals surface area contributed by atoms with Crippen molar-refractivity contribution < 1.29 is 4.79 Å². The highest BCUT2D eigenvalue weighted by Gasteiger charge is 2.33. The molecule has 2 aliphatic rings. The van der Waals surface area contributed by atoms with Gasteiger partial charge < -0.3 is 14.8 Å². The van der Waals surface area contributed by atoms with Gasteiger partial charge in [-0.25, -0.2) is 0 Å². The first-order valence-corrected chi connectivity index (χ1v) is 10.4. The molecule has 3 heterocycles. The number of aromatic nitrogens is 1. The lowest BCUT2D eigenvalue weighted by atomic mass is 9.98. The minimum Gasteiger partial charge on any atom is -0.338 e. The maximum atomic E-state index is 13.0. The molecular weight excluding hydrogens is 360 g/mol. The van der Waals surface area contributed by atoms with E-state index in [0.29, 0.717) is 17.5 Å². The molecule has 2 aromatic carbocycles. The highest BCUT2D eigenvalue weighted by atomic mass is 16.2. The van der Waals surface area contributed by atoms with Gasteiger partial charge in [0.2, 0.25) is 0 Å². The Morgan fingerprint density at radius 1 is 1.10 bits per heavy atom. The van der Waals surface area contributed by atoms with Crippen LogP contribution in [0.5, 0.6) is 0 Å². The molecule has 29 heavy (non-hydrogen) atoms. The SMILES string of the molecule is N#Cc1ccc2c(ccn2-c2ccc(C(=O)N3CCC(C4CCCN4)C3)cc2)c1. The smallest absolute Gasteiger partial charge is 0.253 e. The van der Waals surface area contributed by atoms with E-state index >= 15 is 0 Å². The lowest BCUT2D eigenvalue weighted by molar-refractivity contribution is 0.0785. The van der Waals surface area contributed by atoms with Gasteiger partial charge in [-0.05, 0) is 80.3 Å². The van der Waals surface area contributed by atoms with Crippen molar-refractivity contribution >= 4 is 16.8 Å². The molecule has 1 aromatic heterocycles. The zero-order valence-corrected chi connectivity index (χ0v) is 16.3. The fourth-order valence-electron chi connectivity index (χ4n) is 4.80. The van der Waals surface area contributed by atoms with E-state index in [1.165, 1.54) is 12.8 Å². The molecule has 1 amide bonds. The number of nitrogens with zero attached hydrogens (tertiary/aromatic N) is 3. The molecule has 0 bridgehead atoms. The van der Waals surface area contributed by atoms with Gasteiger partial charge in [-0.1, -0.05) is 0 Å². The Morgan fingerprint density at radius 2 is 1.97 bits per heavy atom. The number of likely N-dealkylation sites (tertiary alicyclic amines) is 1. The summed E-state index contributed by atoms with van der Waals surface area (Å²) in [7, 11) is 0. The summed E-state index contributed by atoms with van der Waals surface area (Å²) < 4.78 is 2.09. The predicted molar refractivity (Wildman–Crippen MR) is 113 cm³/mol. The number of hydrogen-bond acceptors (Lipinski definition) is 3. The Bertz CT molecular complexity index is 1090. The minimum atomic E-state index is 0.132. The van der Waals surface area contributed by atoms with Crippen LogP contribution in [0.15, 0.2) is 54.7 Å². The second-order valence-electron chi connectivity index (χ2n) is 8.12. The molecular formula is C24H24N4O. The molecule has 5 heteroatoms. The van der Waals surface area contributed by atoms with Gasteiger partial charge in [-0.15, -0.1) is 0 Å². The van der Waals surface area contributed by atoms with E-state index in [4.69, 9.17) is 5.26 Å². The number of fused-ring (bicyclic) bond motifs is 1. The van der Waals surface area contributed by atoms with Crippen LogP contribution in [-0.4, -0.2) is 41.1 Å². The topological polar surface area (TPSA) is 61.1 Å². The van der Waals surface area contributed by atoms with E-state index in [0.717, 1.165) is 48.2 Å². The van der Waals surface area contributed by atoms with Gasteiger partial charge in [0.15, 0.2) is 0 Å². The summed E-state index contributed by atoms with van der Waals surface area (Å²) in [5.74, 6) is 0.721. The molecule has 5 nitrogen and oxygen atoms in total. The fourth-order valence-corrected chi connectivity index (χ4v) is 4.80. The zero-order chi connectivity index (χ0) is 19.8. The second-order valence-corrected chi connectivity index (χ2v) is 8.12. The summed E-state index contributed by atoms with van der Waals surface area (Å²) in [6.45, 7) is 2.83. The van der Waals surface area contributed by atoms with E-state index in [2.05, 4.69) is 16.0 Å². The van der Waals surface area contributed by atoms with Gasteiger partial charge in [0.05, 0.1) is 17.1 Å². The number of nitriles is 1. The van der Waals surface area contributed by atoms with E-state index in [1.807, 2.05) is 59.6 Å². The van der Waals surface area contributed by atoms with Crippen LogP contribution >= 0.6 is 0 Å². The van der Waals surface area contributed by atoms with E-state index in [-0.39, 0.29) is 5.91 Å². The number of carbonyl (C=O) groups is 1. The van der Waals surface area contributed by atoms with Crippen molar-refractivity contribution in [2.24, 2.45) is 5.92 Å². The summed E-state index contributed by atoms with van der Waals surface area (Å²) in [5, 5.41) is 13.7. The lowest BCUT2D eigenvalue weighted by Crippen LogP contribution is -2.34. The summed E-state index contributed by atoms with van der Waals surface area (Å²) in [6.07, 6.45) is 5.59. The predicted octanol–water partition coefficient (Wildman–Crippen LogP) is 3.72. The van der Waals surface area contributed by atoms with Gasteiger partial charge in [0.1, 0.15) is 0 Å². The van der Waals surface area contributed by atoms with Crippen molar-refractivity contribution in [1.82, 2.24) is 14.8 Å². The summed E-state index contributed by atoms with van der Waals surface area (Å²) in [6, 6.07) is 18.3. The van der Waals surface area contributed by atoms with Gasteiger partial charge in [0, 0.05) is 42.0 Å². The molecule has 0 radical (unpaired) electrons. The molecule has 0 saturated carbocycles. The number of carbonyl (C=O) groups excluding carboxylic acids is 1. The average molecular weight is 384 g/mol. The normalized spacial score (nSPS) is 21.6. The van der Waals surface area contributed by atoms with Crippen molar-refractivity contribution in [2.45, 2.75) is 25.3 Å². The van der Waals surface area contributed by atoms with Crippen molar-refractivity contribution in [3.63, 3.8) is 0 Å². The third kappa shape index (κ3) is 3.30. The van der Waals surface area contributed by atoms with Crippen molar-refractivity contribution in [3.8, 4) is 11.8 Å². The number of nitrogens with one attached hydrogen (secondary N) is 1. The molecule has 2 saturated heterocycles. The first-order chi connectivity index (χ1) is 14.2. The highest BCUT2D eigenvalue weighted by molar-refractivity contribution is 5.94. The van der Waals surface area contributed by atoms with Crippen LogP contribution in [-0.2, 0) is 0 Å². The van der Waals surface area contributed by atoms with Crippen LogP contribution < -0.4 is 5.32 Å². The molecule has 1 N–H and O–H groups in total. The van der Waals surface area contributed by atoms with Gasteiger partial charge in [-0.3, -0.25) is 4.79 Å². The molecule has 2 atom stereocenters. The van der Waals surface area contributed by atoms with Crippen LogP contribution in [0.4, 0.5) is 0 Å². The number of rotatable bonds is 3. The number of benzene rings is 2. The Balaban J connectivity index is 1.33. The third-order valence-electron chi connectivity index (χ3n) is 6.39. The van der Waals surface area contributed by atoms with Gasteiger partial charge in [0.25, 0.3) is 5.91 Å². The van der Waals surface area contributed by atoms with E-state index < -0.39 is 0 Å². The third-order valence-corrected chi connectivity index (χ3v) is 6.39. The minimum absolute atomic E-state index is 0.132. The molecule has 146 valence electrons. The average Bonchev–Trinajstić information content (AvgIpc) is 3.53. The van der Waals surface area contributed by atoms with Crippen LogP contribution in [0.2, 0.25) is 0 Å². The molecule has 3 aromatic rings. The van der Waals surface area contributed by atoms with Crippen molar-refractivity contribution in [1.29, 1.82) is 5.26 Å². The molecule has 2 aliphatic heterocycles. The molecule has 2 unspecified atom stereocenters. The fraction of sp³-hybridized carbons (Fsp3) is 0.333. The van der Waals surface area contributed by atoms with Crippen LogP contribution in [0.25, 0.3) is 16.6 Å². The first kappa shape index (κ1) is 18.0. The van der Waals surface area contributed by atoms with E-state index in [1.54, 1.807) is 0 Å². The Labute approximate surface area is 170 Å². The highest BCUT2D eigenvalue weighted by Crippen LogP contribution is 2.27. The van der Waals surface area contributed by atoms with Gasteiger partial charge in [-0.2, -0.15) is 5.26 Å². The number of amides is 1. The largest absolute Gasteiger partial charge is 0.338 e. The maximum Gasteiger partial charge on any atom is 0.253 e. The van der Waals surface area contributed by atoms with Gasteiger partial charge >= 0.3 is 0 Å². The van der Waals surface area contributed by atoms with Crippen molar-refractivity contribution in [3.05, 3.63) is 65.9 Å². The Hall–Kier alpha value is -3.10.